The molecule has 2 aliphatic heterocycles. The Hall–Kier alpha value is -3.39. The van der Waals surface area contributed by atoms with E-state index in [4.69, 9.17) is 14.8 Å². The minimum absolute atomic E-state index is 0.473. The summed E-state index contributed by atoms with van der Waals surface area (Å²) in [6, 6.07) is 11.0. The topological polar surface area (TPSA) is 72.5 Å². The quantitative estimate of drug-likeness (QED) is 0.399. The van der Waals surface area contributed by atoms with Gasteiger partial charge in [0.1, 0.15) is 12.3 Å². The van der Waals surface area contributed by atoms with E-state index in [0.717, 1.165) is 64.8 Å². The smallest absolute Gasteiger partial charge is 0.165 e. The van der Waals surface area contributed by atoms with Gasteiger partial charge in [0.15, 0.2) is 11.6 Å². The Kier molecular flexibility index (Phi) is 5.90. The number of nitrogens with zero attached hydrogens (tertiary/aromatic N) is 6. The van der Waals surface area contributed by atoms with Crippen LogP contribution in [0.5, 0.6) is 5.75 Å². The van der Waals surface area contributed by atoms with E-state index < -0.39 is 0 Å². The van der Waals surface area contributed by atoms with Crippen molar-refractivity contribution in [3.8, 4) is 17.0 Å². The molecule has 1 saturated heterocycles. The van der Waals surface area contributed by atoms with Crippen molar-refractivity contribution in [1.82, 2.24) is 29.3 Å². The molecular formula is C27H33N7O. The molecule has 1 fully saturated rings. The van der Waals surface area contributed by atoms with Crippen LogP contribution in [0.25, 0.3) is 16.8 Å². The van der Waals surface area contributed by atoms with Gasteiger partial charge in [0.2, 0.25) is 0 Å². The first kappa shape index (κ1) is 22.1. The average Bonchev–Trinajstić information content (AvgIpc) is 3.54. The van der Waals surface area contributed by atoms with E-state index in [1.807, 2.05) is 28.6 Å². The molecular weight excluding hydrogens is 438 g/mol. The van der Waals surface area contributed by atoms with Crippen LogP contribution >= 0.6 is 0 Å². The second-order valence-corrected chi connectivity index (χ2v) is 9.86. The molecule has 6 rings (SSSR count). The third-order valence-electron chi connectivity index (χ3n) is 7.23. The van der Waals surface area contributed by atoms with Crippen molar-refractivity contribution in [3.05, 3.63) is 54.1 Å². The average molecular weight is 472 g/mol. The highest BCUT2D eigenvalue weighted by molar-refractivity contribution is 5.73. The fraction of sp³-hybridized carbons (Fsp3) is 0.444. The third-order valence-corrected chi connectivity index (χ3v) is 7.23. The van der Waals surface area contributed by atoms with E-state index in [-0.39, 0.29) is 0 Å². The second kappa shape index (κ2) is 9.34. The van der Waals surface area contributed by atoms with Crippen molar-refractivity contribution in [2.24, 2.45) is 7.05 Å². The van der Waals surface area contributed by atoms with Gasteiger partial charge >= 0.3 is 0 Å². The molecule has 8 nitrogen and oxygen atoms in total. The fourth-order valence-electron chi connectivity index (χ4n) is 5.50. The number of pyridine rings is 2. The Morgan fingerprint density at radius 3 is 2.91 bits per heavy atom. The lowest BCUT2D eigenvalue weighted by Gasteiger charge is -2.24. The first-order valence-corrected chi connectivity index (χ1v) is 12.8. The Bertz CT molecular complexity index is 1340. The Morgan fingerprint density at radius 1 is 1.06 bits per heavy atom. The van der Waals surface area contributed by atoms with Gasteiger partial charge in [-0.15, -0.1) is 0 Å². The molecule has 1 N–H and O–H groups in total. The predicted molar refractivity (Wildman–Crippen MR) is 137 cm³/mol. The van der Waals surface area contributed by atoms with Gasteiger partial charge in [0, 0.05) is 48.0 Å². The van der Waals surface area contributed by atoms with Crippen LogP contribution in [0.1, 0.15) is 43.5 Å². The molecule has 1 atom stereocenters. The van der Waals surface area contributed by atoms with Crippen LogP contribution in [0, 0.1) is 6.92 Å². The Balaban J connectivity index is 1.36. The summed E-state index contributed by atoms with van der Waals surface area (Å²) in [5, 5.41) is 12.7. The number of fused-ring (bicyclic) bond motifs is 7. The molecule has 5 bridgehead atoms. The molecule has 35 heavy (non-hydrogen) atoms. The van der Waals surface area contributed by atoms with Crippen LogP contribution in [0.2, 0.25) is 0 Å². The zero-order valence-electron chi connectivity index (χ0n) is 20.6. The first-order valence-electron chi connectivity index (χ1n) is 12.8. The summed E-state index contributed by atoms with van der Waals surface area (Å²) >= 11 is 0. The largest absolute Gasteiger partial charge is 0.488 e. The van der Waals surface area contributed by atoms with Crippen LogP contribution in [0.3, 0.4) is 0 Å². The molecule has 0 aromatic carbocycles. The van der Waals surface area contributed by atoms with Crippen molar-refractivity contribution in [3.63, 3.8) is 0 Å². The lowest BCUT2D eigenvalue weighted by molar-refractivity contribution is 0.171. The number of ether oxygens (including phenoxy) is 1. The third kappa shape index (κ3) is 4.62. The molecule has 0 unspecified atom stereocenters. The minimum Gasteiger partial charge on any atom is -0.488 e. The van der Waals surface area contributed by atoms with Gasteiger partial charge in [-0.1, -0.05) is 6.42 Å². The van der Waals surface area contributed by atoms with E-state index in [1.54, 1.807) is 0 Å². The number of rotatable bonds is 0. The summed E-state index contributed by atoms with van der Waals surface area (Å²) in [7, 11) is 1.97. The summed E-state index contributed by atoms with van der Waals surface area (Å²) in [6.07, 6.45) is 10.9. The Labute approximate surface area is 205 Å². The van der Waals surface area contributed by atoms with Crippen molar-refractivity contribution < 1.29 is 4.74 Å². The summed E-state index contributed by atoms with van der Waals surface area (Å²) in [4.78, 5) is 7.38. The SMILES string of the molecule is Cc1cc2cc(n1)CCCCCN1CCC[C@@H]1COc1cnn(C)c1-c1ccn3nc(cc3c1)N2. The lowest BCUT2D eigenvalue weighted by atomic mass is 10.1. The molecule has 0 aliphatic carbocycles. The number of hydrogen-bond acceptors (Lipinski definition) is 6. The van der Waals surface area contributed by atoms with Gasteiger partial charge < -0.3 is 10.1 Å². The van der Waals surface area contributed by atoms with E-state index >= 15 is 0 Å². The zero-order valence-corrected chi connectivity index (χ0v) is 20.6. The van der Waals surface area contributed by atoms with Crippen LogP contribution in [-0.4, -0.2) is 55.0 Å². The second-order valence-electron chi connectivity index (χ2n) is 9.86. The standard InChI is InChI=1S/C27H33N7O/c1-19-13-22-15-21(29-19)7-4-3-5-10-33-11-6-8-23(33)18-35-25-17-28-32(2)27(25)20-9-12-34-24(14-20)16-26(30-22)31-34/h9,12-17,23H,3-8,10-11,18H2,1-2H3,(H,30,31)/t23-/m1/s1. The van der Waals surface area contributed by atoms with Crippen LogP contribution in [0.4, 0.5) is 11.5 Å². The van der Waals surface area contributed by atoms with Gasteiger partial charge in [-0.05, 0) is 76.4 Å². The van der Waals surface area contributed by atoms with E-state index in [1.165, 1.54) is 32.2 Å². The van der Waals surface area contributed by atoms with Crippen molar-refractivity contribution >= 4 is 17.0 Å². The number of aryl methyl sites for hydroxylation is 3. The Morgan fingerprint density at radius 2 is 1.97 bits per heavy atom. The molecule has 0 saturated carbocycles. The summed E-state index contributed by atoms with van der Waals surface area (Å²) in [5.74, 6) is 1.66. The van der Waals surface area contributed by atoms with Gasteiger partial charge in [-0.25, -0.2) is 4.52 Å². The van der Waals surface area contributed by atoms with Gasteiger partial charge in [0.05, 0.1) is 11.7 Å². The maximum atomic E-state index is 6.39. The molecule has 8 heteroatoms. The van der Waals surface area contributed by atoms with Crippen molar-refractivity contribution in [2.75, 3.05) is 25.0 Å². The van der Waals surface area contributed by atoms with Crippen LogP contribution < -0.4 is 10.1 Å². The number of hydrogen-bond donors (Lipinski definition) is 1. The van der Waals surface area contributed by atoms with Crippen molar-refractivity contribution in [2.45, 2.75) is 51.5 Å². The molecule has 6 heterocycles. The molecule has 0 radical (unpaired) electrons. The molecule has 4 aromatic rings. The summed E-state index contributed by atoms with van der Waals surface area (Å²) in [5.41, 5.74) is 6.29. The fourth-order valence-corrected chi connectivity index (χ4v) is 5.50. The van der Waals surface area contributed by atoms with E-state index in [9.17, 15) is 0 Å². The lowest BCUT2D eigenvalue weighted by Crippen LogP contribution is -2.35. The van der Waals surface area contributed by atoms with Gasteiger partial charge in [-0.3, -0.25) is 14.6 Å². The normalized spacial score (nSPS) is 19.3. The van der Waals surface area contributed by atoms with Crippen molar-refractivity contribution in [1.29, 1.82) is 0 Å². The highest BCUT2D eigenvalue weighted by atomic mass is 16.5. The minimum atomic E-state index is 0.473. The molecule has 4 aromatic heterocycles. The maximum Gasteiger partial charge on any atom is 0.165 e. The van der Waals surface area contributed by atoms with Crippen LogP contribution in [0.15, 0.2) is 42.7 Å². The monoisotopic (exact) mass is 471 g/mol. The number of anilines is 2. The predicted octanol–water partition coefficient (Wildman–Crippen LogP) is 4.75. The summed E-state index contributed by atoms with van der Waals surface area (Å²) in [6.45, 7) is 5.07. The molecule has 2 aliphatic rings. The molecule has 0 spiro atoms. The maximum absolute atomic E-state index is 6.39. The zero-order chi connectivity index (χ0) is 23.8. The van der Waals surface area contributed by atoms with E-state index in [0.29, 0.717) is 12.6 Å². The van der Waals surface area contributed by atoms with E-state index in [2.05, 4.69) is 52.6 Å². The molecule has 0 amide bonds. The van der Waals surface area contributed by atoms with Crippen LogP contribution in [-0.2, 0) is 13.5 Å². The molecule has 182 valence electrons. The first-order chi connectivity index (χ1) is 17.1. The summed E-state index contributed by atoms with van der Waals surface area (Å²) < 4.78 is 10.2. The van der Waals surface area contributed by atoms with Gasteiger partial charge in [0.25, 0.3) is 0 Å². The number of aromatic nitrogens is 5. The van der Waals surface area contributed by atoms with Gasteiger partial charge in [-0.2, -0.15) is 10.2 Å². The highest BCUT2D eigenvalue weighted by Crippen LogP contribution is 2.32. The highest BCUT2D eigenvalue weighted by Gasteiger charge is 2.25. The number of nitrogens with one attached hydrogen (secondary N) is 1.